The zero-order valence-corrected chi connectivity index (χ0v) is 11.2. The van der Waals surface area contributed by atoms with Crippen LogP contribution in [-0.2, 0) is 11.2 Å². The Labute approximate surface area is 118 Å². The van der Waals surface area contributed by atoms with E-state index >= 15 is 0 Å². The quantitative estimate of drug-likeness (QED) is 0.845. The van der Waals surface area contributed by atoms with Crippen LogP contribution in [0.5, 0.6) is 0 Å². The fourth-order valence-corrected chi connectivity index (χ4v) is 2.27. The van der Waals surface area contributed by atoms with Crippen LogP contribution in [0.4, 0.5) is 0 Å². The van der Waals surface area contributed by atoms with Crippen LogP contribution < -0.4 is 5.32 Å². The highest BCUT2D eigenvalue weighted by Gasteiger charge is 2.33. The SMILES string of the molecule is O=C(N[C@@H](Cc1ccccc1)[C@H]1CO1)c1ccccc1. The van der Waals surface area contributed by atoms with E-state index in [1.165, 1.54) is 5.56 Å². The molecule has 2 atom stereocenters. The lowest BCUT2D eigenvalue weighted by atomic mass is 10.0. The van der Waals surface area contributed by atoms with Gasteiger partial charge >= 0.3 is 0 Å². The molecule has 102 valence electrons. The van der Waals surface area contributed by atoms with Gasteiger partial charge in [0.1, 0.15) is 6.10 Å². The normalized spacial score (nSPS) is 18.3. The van der Waals surface area contributed by atoms with Gasteiger partial charge in [0.25, 0.3) is 5.91 Å². The molecule has 2 aromatic carbocycles. The molecule has 3 heteroatoms. The average Bonchev–Trinajstić information content (AvgIpc) is 3.33. The molecule has 0 saturated carbocycles. The van der Waals surface area contributed by atoms with Crippen molar-refractivity contribution in [3.05, 3.63) is 71.8 Å². The van der Waals surface area contributed by atoms with E-state index in [1.807, 2.05) is 48.5 Å². The molecule has 3 nitrogen and oxygen atoms in total. The molecule has 0 unspecified atom stereocenters. The third-order valence-corrected chi connectivity index (χ3v) is 3.46. The summed E-state index contributed by atoms with van der Waals surface area (Å²) in [5.41, 5.74) is 1.90. The smallest absolute Gasteiger partial charge is 0.251 e. The lowest BCUT2D eigenvalue weighted by Crippen LogP contribution is -2.40. The van der Waals surface area contributed by atoms with E-state index in [1.54, 1.807) is 0 Å². The summed E-state index contributed by atoms with van der Waals surface area (Å²) < 4.78 is 5.36. The largest absolute Gasteiger partial charge is 0.371 e. The van der Waals surface area contributed by atoms with Crippen molar-refractivity contribution in [1.29, 1.82) is 0 Å². The summed E-state index contributed by atoms with van der Waals surface area (Å²) in [4.78, 5) is 12.2. The van der Waals surface area contributed by atoms with Gasteiger partial charge in [0.05, 0.1) is 12.6 Å². The van der Waals surface area contributed by atoms with Gasteiger partial charge in [-0.05, 0) is 24.1 Å². The second-order valence-electron chi connectivity index (χ2n) is 5.01. The molecule has 0 spiro atoms. The highest BCUT2D eigenvalue weighted by molar-refractivity contribution is 5.94. The Kier molecular flexibility index (Phi) is 3.79. The number of ether oxygens (including phenoxy) is 1. The molecule has 0 radical (unpaired) electrons. The number of hydrogen-bond acceptors (Lipinski definition) is 2. The molecule has 1 fully saturated rings. The van der Waals surface area contributed by atoms with Gasteiger partial charge in [-0.1, -0.05) is 48.5 Å². The van der Waals surface area contributed by atoms with Crippen molar-refractivity contribution in [1.82, 2.24) is 5.32 Å². The zero-order chi connectivity index (χ0) is 13.8. The predicted molar refractivity (Wildman–Crippen MR) is 77.6 cm³/mol. The number of carbonyl (C=O) groups excluding carboxylic acids is 1. The first-order valence-corrected chi connectivity index (χ1v) is 6.84. The first-order chi connectivity index (χ1) is 9.83. The Morgan fingerprint density at radius 2 is 1.70 bits per heavy atom. The van der Waals surface area contributed by atoms with Crippen LogP contribution in [0.25, 0.3) is 0 Å². The molecule has 1 heterocycles. The molecule has 1 aliphatic heterocycles. The van der Waals surface area contributed by atoms with Gasteiger partial charge in [-0.2, -0.15) is 0 Å². The fraction of sp³-hybridized carbons (Fsp3) is 0.235. The van der Waals surface area contributed by atoms with Crippen molar-refractivity contribution in [2.75, 3.05) is 6.61 Å². The van der Waals surface area contributed by atoms with Crippen molar-refractivity contribution in [3.8, 4) is 0 Å². The third kappa shape index (κ3) is 3.25. The summed E-state index contributed by atoms with van der Waals surface area (Å²) in [5.74, 6) is -0.0398. The minimum atomic E-state index is -0.0398. The second kappa shape index (κ2) is 5.88. The van der Waals surface area contributed by atoms with E-state index in [0.29, 0.717) is 5.56 Å². The van der Waals surface area contributed by atoms with E-state index in [0.717, 1.165) is 13.0 Å². The minimum absolute atomic E-state index is 0.0325. The van der Waals surface area contributed by atoms with E-state index in [9.17, 15) is 4.79 Å². The van der Waals surface area contributed by atoms with Gasteiger partial charge in [0.2, 0.25) is 0 Å². The van der Waals surface area contributed by atoms with Crippen LogP contribution in [-0.4, -0.2) is 24.7 Å². The molecular formula is C17H17NO2. The van der Waals surface area contributed by atoms with Crippen molar-refractivity contribution < 1.29 is 9.53 Å². The van der Waals surface area contributed by atoms with E-state index in [-0.39, 0.29) is 18.1 Å². The Bertz CT molecular complexity index is 564. The number of epoxide rings is 1. The molecule has 20 heavy (non-hydrogen) atoms. The van der Waals surface area contributed by atoms with Crippen LogP contribution >= 0.6 is 0 Å². The highest BCUT2D eigenvalue weighted by Crippen LogP contribution is 2.18. The van der Waals surface area contributed by atoms with E-state index in [4.69, 9.17) is 4.74 Å². The van der Waals surface area contributed by atoms with Gasteiger partial charge in [0, 0.05) is 5.56 Å². The van der Waals surface area contributed by atoms with Crippen molar-refractivity contribution in [2.24, 2.45) is 0 Å². The third-order valence-electron chi connectivity index (χ3n) is 3.46. The maximum Gasteiger partial charge on any atom is 0.251 e. The number of nitrogens with one attached hydrogen (secondary N) is 1. The summed E-state index contributed by atoms with van der Waals surface area (Å²) in [6.07, 6.45) is 0.937. The lowest BCUT2D eigenvalue weighted by molar-refractivity contribution is 0.0929. The Hall–Kier alpha value is -2.13. The minimum Gasteiger partial charge on any atom is -0.371 e. The fourth-order valence-electron chi connectivity index (χ4n) is 2.27. The predicted octanol–water partition coefficient (Wildman–Crippen LogP) is 2.43. The lowest BCUT2D eigenvalue weighted by Gasteiger charge is -2.17. The monoisotopic (exact) mass is 267 g/mol. The highest BCUT2D eigenvalue weighted by atomic mass is 16.6. The Morgan fingerprint density at radius 1 is 1.10 bits per heavy atom. The second-order valence-corrected chi connectivity index (χ2v) is 5.01. The molecule has 0 aliphatic carbocycles. The molecule has 2 aromatic rings. The molecule has 1 amide bonds. The Morgan fingerprint density at radius 3 is 2.30 bits per heavy atom. The number of carbonyl (C=O) groups is 1. The first-order valence-electron chi connectivity index (χ1n) is 6.84. The molecule has 1 aliphatic rings. The maximum atomic E-state index is 12.2. The number of amides is 1. The molecule has 0 aromatic heterocycles. The van der Waals surface area contributed by atoms with E-state index < -0.39 is 0 Å². The summed E-state index contributed by atoms with van der Waals surface area (Å²) in [6, 6.07) is 19.5. The van der Waals surface area contributed by atoms with Crippen LogP contribution in [0.1, 0.15) is 15.9 Å². The average molecular weight is 267 g/mol. The number of benzene rings is 2. The summed E-state index contributed by atoms with van der Waals surface area (Å²) >= 11 is 0. The standard InChI is InChI=1S/C17H17NO2/c19-17(14-9-5-2-6-10-14)18-15(16-12-20-16)11-13-7-3-1-4-8-13/h1-10,15-16H,11-12H2,(H,18,19)/t15-,16+/m0/s1. The first kappa shape index (κ1) is 12.9. The summed E-state index contributed by atoms with van der Waals surface area (Å²) in [5, 5.41) is 3.08. The Balaban J connectivity index is 1.67. The van der Waals surface area contributed by atoms with Gasteiger partial charge < -0.3 is 10.1 Å². The van der Waals surface area contributed by atoms with Crippen molar-refractivity contribution in [3.63, 3.8) is 0 Å². The maximum absolute atomic E-state index is 12.2. The molecule has 1 saturated heterocycles. The topological polar surface area (TPSA) is 41.6 Å². The molecule has 3 rings (SSSR count). The van der Waals surface area contributed by atoms with Gasteiger partial charge in [-0.25, -0.2) is 0 Å². The zero-order valence-electron chi connectivity index (χ0n) is 11.2. The molecule has 0 bridgehead atoms. The van der Waals surface area contributed by atoms with Crippen molar-refractivity contribution >= 4 is 5.91 Å². The summed E-state index contributed by atoms with van der Waals surface area (Å²) in [7, 11) is 0. The molecular weight excluding hydrogens is 250 g/mol. The van der Waals surface area contributed by atoms with Gasteiger partial charge in [-0.15, -0.1) is 0 Å². The number of rotatable bonds is 5. The van der Waals surface area contributed by atoms with E-state index in [2.05, 4.69) is 17.4 Å². The van der Waals surface area contributed by atoms with Crippen LogP contribution in [0, 0.1) is 0 Å². The number of hydrogen-bond donors (Lipinski definition) is 1. The van der Waals surface area contributed by atoms with Crippen LogP contribution in [0.2, 0.25) is 0 Å². The molecule has 1 N–H and O–H groups in total. The van der Waals surface area contributed by atoms with Gasteiger partial charge in [-0.3, -0.25) is 4.79 Å². The van der Waals surface area contributed by atoms with Crippen molar-refractivity contribution in [2.45, 2.75) is 18.6 Å². The van der Waals surface area contributed by atoms with Gasteiger partial charge in [0.15, 0.2) is 0 Å². The van der Waals surface area contributed by atoms with Crippen LogP contribution in [0.3, 0.4) is 0 Å². The summed E-state index contributed by atoms with van der Waals surface area (Å²) in [6.45, 7) is 0.729. The van der Waals surface area contributed by atoms with Crippen LogP contribution in [0.15, 0.2) is 60.7 Å².